The van der Waals surface area contributed by atoms with Gasteiger partial charge in [0.1, 0.15) is 10.6 Å². The molecule has 4 N–H and O–H groups in total. The van der Waals surface area contributed by atoms with Crippen LogP contribution in [0.4, 0.5) is 0 Å². The van der Waals surface area contributed by atoms with Crippen molar-refractivity contribution in [2.75, 3.05) is 7.11 Å². The lowest BCUT2D eigenvalue weighted by atomic mass is 10.2. The van der Waals surface area contributed by atoms with E-state index in [0.717, 1.165) is 18.2 Å². The Morgan fingerprint density at radius 2 is 2.00 bits per heavy atom. The minimum absolute atomic E-state index is 0.122. The van der Waals surface area contributed by atoms with Crippen LogP contribution in [-0.2, 0) is 14.8 Å². The lowest BCUT2D eigenvalue weighted by Gasteiger charge is -2.13. The summed E-state index contributed by atoms with van der Waals surface area (Å²) in [5, 5.41) is 8.83. The summed E-state index contributed by atoms with van der Waals surface area (Å²) in [6, 6.07) is 2.17. The Morgan fingerprint density at radius 1 is 1.40 bits per heavy atom. The van der Waals surface area contributed by atoms with E-state index in [1.54, 1.807) is 0 Å². The van der Waals surface area contributed by atoms with Gasteiger partial charge < -0.3 is 15.6 Å². The SMILES string of the molecule is COc1cc(C(=O)O)ccc1S(=O)(=O)NC(C)C(N)=O. The van der Waals surface area contributed by atoms with Gasteiger partial charge >= 0.3 is 5.97 Å². The van der Waals surface area contributed by atoms with Crippen LogP contribution in [0.1, 0.15) is 17.3 Å². The molecule has 0 saturated heterocycles. The number of rotatable bonds is 6. The van der Waals surface area contributed by atoms with Gasteiger partial charge in [-0.15, -0.1) is 0 Å². The average Bonchev–Trinajstić information content (AvgIpc) is 2.37. The molecule has 8 nitrogen and oxygen atoms in total. The van der Waals surface area contributed by atoms with Gasteiger partial charge in [0.05, 0.1) is 18.7 Å². The van der Waals surface area contributed by atoms with Crippen molar-refractivity contribution in [1.29, 1.82) is 0 Å². The molecule has 0 aliphatic heterocycles. The molecule has 0 radical (unpaired) electrons. The Labute approximate surface area is 115 Å². The number of aromatic carboxylic acids is 1. The predicted molar refractivity (Wildman–Crippen MR) is 68.9 cm³/mol. The normalized spacial score (nSPS) is 12.7. The molecular weight excluding hydrogens is 288 g/mol. The molecule has 1 amide bonds. The number of nitrogens with one attached hydrogen (secondary N) is 1. The Morgan fingerprint density at radius 3 is 2.45 bits per heavy atom. The number of primary amides is 1. The van der Waals surface area contributed by atoms with Crippen molar-refractivity contribution in [3.63, 3.8) is 0 Å². The molecule has 1 rings (SSSR count). The third kappa shape index (κ3) is 3.45. The van der Waals surface area contributed by atoms with E-state index in [9.17, 15) is 18.0 Å². The molecule has 110 valence electrons. The van der Waals surface area contributed by atoms with Crippen LogP contribution < -0.4 is 15.2 Å². The number of hydrogen-bond donors (Lipinski definition) is 3. The zero-order valence-corrected chi connectivity index (χ0v) is 11.6. The van der Waals surface area contributed by atoms with E-state index in [0.29, 0.717) is 0 Å². The second kappa shape index (κ2) is 5.88. The molecule has 1 aromatic rings. The topological polar surface area (TPSA) is 136 Å². The first-order valence-electron chi connectivity index (χ1n) is 5.42. The van der Waals surface area contributed by atoms with Crippen molar-refractivity contribution < 1.29 is 27.9 Å². The number of ether oxygens (including phenoxy) is 1. The maximum absolute atomic E-state index is 12.1. The van der Waals surface area contributed by atoms with Gasteiger partial charge in [-0.05, 0) is 25.1 Å². The van der Waals surface area contributed by atoms with Crippen molar-refractivity contribution in [3.05, 3.63) is 23.8 Å². The van der Waals surface area contributed by atoms with Gasteiger partial charge in [-0.25, -0.2) is 13.2 Å². The maximum atomic E-state index is 12.1. The second-order valence-corrected chi connectivity index (χ2v) is 5.60. The minimum Gasteiger partial charge on any atom is -0.495 e. The highest BCUT2D eigenvalue weighted by Crippen LogP contribution is 2.25. The molecule has 0 aliphatic rings. The highest BCUT2D eigenvalue weighted by Gasteiger charge is 2.24. The van der Waals surface area contributed by atoms with Crippen LogP contribution >= 0.6 is 0 Å². The molecule has 0 aromatic heterocycles. The van der Waals surface area contributed by atoms with E-state index in [2.05, 4.69) is 4.72 Å². The monoisotopic (exact) mass is 302 g/mol. The van der Waals surface area contributed by atoms with Gasteiger partial charge in [0.2, 0.25) is 15.9 Å². The molecule has 0 saturated carbocycles. The van der Waals surface area contributed by atoms with Crippen LogP contribution in [0.15, 0.2) is 23.1 Å². The molecule has 9 heteroatoms. The highest BCUT2D eigenvalue weighted by atomic mass is 32.2. The summed E-state index contributed by atoms with van der Waals surface area (Å²) in [7, 11) is -2.85. The molecule has 0 aliphatic carbocycles. The number of benzene rings is 1. The number of carbonyl (C=O) groups is 2. The number of nitrogens with two attached hydrogens (primary N) is 1. The third-order valence-corrected chi connectivity index (χ3v) is 4.04. The molecule has 0 heterocycles. The van der Waals surface area contributed by atoms with E-state index in [1.807, 2.05) is 0 Å². The zero-order valence-electron chi connectivity index (χ0n) is 10.8. The summed E-state index contributed by atoms with van der Waals surface area (Å²) in [5.74, 6) is -2.20. The fourth-order valence-electron chi connectivity index (χ4n) is 1.38. The van der Waals surface area contributed by atoms with Crippen LogP contribution in [0.25, 0.3) is 0 Å². The molecule has 0 bridgehead atoms. The summed E-state index contributed by atoms with van der Waals surface area (Å²) in [6.07, 6.45) is 0. The van der Waals surface area contributed by atoms with E-state index in [-0.39, 0.29) is 16.2 Å². The van der Waals surface area contributed by atoms with Crippen molar-refractivity contribution in [2.45, 2.75) is 17.9 Å². The van der Waals surface area contributed by atoms with Gasteiger partial charge in [-0.1, -0.05) is 0 Å². The molecule has 0 fully saturated rings. The number of methoxy groups -OCH3 is 1. The standard InChI is InChI=1S/C11H14N2O6S/c1-6(10(12)14)13-20(17,18)9-4-3-7(11(15)16)5-8(9)19-2/h3-6,13H,1-2H3,(H2,12,14)(H,15,16). The van der Waals surface area contributed by atoms with Crippen molar-refractivity contribution >= 4 is 21.9 Å². The summed E-state index contributed by atoms with van der Waals surface area (Å²) in [4.78, 5) is 21.4. The lowest BCUT2D eigenvalue weighted by molar-refractivity contribution is -0.119. The van der Waals surface area contributed by atoms with Gasteiger partial charge in [-0.2, -0.15) is 4.72 Å². The summed E-state index contributed by atoms with van der Waals surface area (Å²) >= 11 is 0. The number of carboxylic acids is 1. The first-order valence-corrected chi connectivity index (χ1v) is 6.90. The van der Waals surface area contributed by atoms with Crippen LogP contribution in [-0.4, -0.2) is 38.6 Å². The quantitative estimate of drug-likeness (QED) is 0.651. The molecule has 20 heavy (non-hydrogen) atoms. The first kappa shape index (κ1) is 15.9. The van der Waals surface area contributed by atoms with E-state index in [4.69, 9.17) is 15.6 Å². The van der Waals surface area contributed by atoms with Crippen molar-refractivity contribution in [3.8, 4) is 5.75 Å². The zero-order chi connectivity index (χ0) is 15.5. The largest absolute Gasteiger partial charge is 0.495 e. The fourth-order valence-corrected chi connectivity index (χ4v) is 2.74. The molecule has 1 aromatic carbocycles. The van der Waals surface area contributed by atoms with E-state index in [1.165, 1.54) is 14.0 Å². The van der Waals surface area contributed by atoms with Crippen molar-refractivity contribution in [1.82, 2.24) is 4.72 Å². The van der Waals surface area contributed by atoms with Crippen LogP contribution in [0.5, 0.6) is 5.75 Å². The number of hydrogen-bond acceptors (Lipinski definition) is 5. The fraction of sp³-hybridized carbons (Fsp3) is 0.273. The van der Waals surface area contributed by atoms with Gasteiger partial charge in [-0.3, -0.25) is 4.79 Å². The minimum atomic E-state index is -4.06. The number of amides is 1. The summed E-state index contributed by atoms with van der Waals surface area (Å²) in [6.45, 7) is 1.29. The number of carboxylic acid groups (broad SMARTS) is 1. The van der Waals surface area contributed by atoms with E-state index < -0.39 is 27.9 Å². The summed E-state index contributed by atoms with van der Waals surface area (Å²) < 4.78 is 31.1. The third-order valence-electron chi connectivity index (χ3n) is 2.46. The highest BCUT2D eigenvalue weighted by molar-refractivity contribution is 7.89. The average molecular weight is 302 g/mol. The Kier molecular flexibility index (Phi) is 4.69. The molecule has 1 atom stereocenters. The van der Waals surface area contributed by atoms with Crippen LogP contribution in [0.2, 0.25) is 0 Å². The molecule has 1 unspecified atom stereocenters. The smallest absolute Gasteiger partial charge is 0.335 e. The number of sulfonamides is 1. The first-order chi connectivity index (χ1) is 9.19. The predicted octanol–water partition coefficient (Wildman–Crippen LogP) is -0.454. The summed E-state index contributed by atoms with van der Waals surface area (Å²) in [5.41, 5.74) is 4.86. The van der Waals surface area contributed by atoms with Crippen LogP contribution in [0.3, 0.4) is 0 Å². The number of carbonyl (C=O) groups excluding carboxylic acids is 1. The van der Waals surface area contributed by atoms with Crippen LogP contribution in [0, 0.1) is 0 Å². The Balaban J connectivity index is 3.25. The lowest BCUT2D eigenvalue weighted by Crippen LogP contribution is -2.42. The maximum Gasteiger partial charge on any atom is 0.335 e. The van der Waals surface area contributed by atoms with Gasteiger partial charge in [0.15, 0.2) is 0 Å². The van der Waals surface area contributed by atoms with Gasteiger partial charge in [0, 0.05) is 0 Å². The Bertz CT molecular complexity index is 640. The second-order valence-electron chi connectivity index (χ2n) is 3.92. The Hall–Kier alpha value is -2.13. The van der Waals surface area contributed by atoms with Crippen molar-refractivity contribution in [2.24, 2.45) is 5.73 Å². The van der Waals surface area contributed by atoms with Gasteiger partial charge in [0.25, 0.3) is 0 Å². The van der Waals surface area contributed by atoms with E-state index >= 15 is 0 Å². The molecular formula is C11H14N2O6S. The molecule has 0 spiro atoms.